The van der Waals surface area contributed by atoms with Crippen LogP contribution in [0.1, 0.15) is 30.4 Å². The van der Waals surface area contributed by atoms with Crippen LogP contribution in [0.5, 0.6) is 0 Å². The fourth-order valence-electron chi connectivity index (χ4n) is 3.90. The molecule has 2 aromatic carbocycles. The van der Waals surface area contributed by atoms with E-state index in [1.54, 1.807) is 0 Å². The predicted octanol–water partition coefficient (Wildman–Crippen LogP) is 5.69. The van der Waals surface area contributed by atoms with Crippen molar-refractivity contribution in [1.29, 1.82) is 0 Å². The zero-order valence-corrected chi connectivity index (χ0v) is 14.6. The van der Waals surface area contributed by atoms with Gasteiger partial charge in [0.25, 0.3) is 0 Å². The zero-order chi connectivity index (χ0) is 20.1. The number of nitrogens with zero attached hydrogens (tertiary/aromatic N) is 2. The number of rotatable bonds is 4. The maximum atomic E-state index is 15.0. The van der Waals surface area contributed by atoms with E-state index in [1.165, 1.54) is 18.2 Å². The SMILES string of the molecule is Fc1ccc(C2(CC3CC3)c3c(ccc(F)c3F)N=CN2CC(F)(F)F)cc1. The number of hydrogen-bond donors (Lipinski definition) is 0. The van der Waals surface area contributed by atoms with E-state index in [4.69, 9.17) is 0 Å². The van der Waals surface area contributed by atoms with Crippen LogP contribution < -0.4 is 0 Å². The molecule has 0 aromatic heterocycles. The molecule has 1 aliphatic heterocycles. The number of fused-ring (bicyclic) bond motifs is 1. The first-order valence-corrected chi connectivity index (χ1v) is 8.83. The van der Waals surface area contributed by atoms with Crippen molar-refractivity contribution in [2.45, 2.75) is 31.0 Å². The fourth-order valence-corrected chi connectivity index (χ4v) is 3.90. The summed E-state index contributed by atoms with van der Waals surface area (Å²) in [7, 11) is 0. The Bertz CT molecular complexity index is 918. The maximum absolute atomic E-state index is 15.0. The highest BCUT2D eigenvalue weighted by Crippen LogP contribution is 2.52. The lowest BCUT2D eigenvalue weighted by Crippen LogP contribution is -2.52. The first-order valence-electron chi connectivity index (χ1n) is 8.83. The molecule has 8 heteroatoms. The quantitative estimate of drug-likeness (QED) is 0.605. The molecule has 0 spiro atoms. The summed E-state index contributed by atoms with van der Waals surface area (Å²) in [5, 5.41) is 0. The molecule has 148 valence electrons. The molecule has 0 amide bonds. The first-order chi connectivity index (χ1) is 13.2. The predicted molar refractivity (Wildman–Crippen MR) is 91.8 cm³/mol. The normalized spacial score (nSPS) is 21.7. The van der Waals surface area contributed by atoms with E-state index in [0.717, 1.165) is 42.3 Å². The van der Waals surface area contributed by atoms with Gasteiger partial charge in [0, 0.05) is 5.56 Å². The van der Waals surface area contributed by atoms with Gasteiger partial charge in [-0.05, 0) is 42.2 Å². The van der Waals surface area contributed by atoms with E-state index < -0.39 is 35.7 Å². The van der Waals surface area contributed by atoms with Crippen molar-refractivity contribution in [2.75, 3.05) is 6.54 Å². The molecule has 0 radical (unpaired) electrons. The van der Waals surface area contributed by atoms with Crippen LogP contribution >= 0.6 is 0 Å². The van der Waals surface area contributed by atoms with Gasteiger partial charge in [0.15, 0.2) is 11.6 Å². The van der Waals surface area contributed by atoms with Gasteiger partial charge in [0.2, 0.25) is 0 Å². The highest BCUT2D eigenvalue weighted by Gasteiger charge is 2.51. The van der Waals surface area contributed by atoms with Gasteiger partial charge < -0.3 is 4.90 Å². The van der Waals surface area contributed by atoms with E-state index in [-0.39, 0.29) is 29.2 Å². The lowest BCUT2D eigenvalue weighted by atomic mass is 9.75. The Kier molecular flexibility index (Phi) is 4.39. The van der Waals surface area contributed by atoms with Gasteiger partial charge in [0.1, 0.15) is 12.4 Å². The van der Waals surface area contributed by atoms with E-state index in [9.17, 15) is 26.3 Å². The molecule has 1 fully saturated rings. The molecule has 1 unspecified atom stereocenters. The van der Waals surface area contributed by atoms with E-state index >= 15 is 0 Å². The highest BCUT2D eigenvalue weighted by atomic mass is 19.4. The van der Waals surface area contributed by atoms with Crippen LogP contribution in [-0.2, 0) is 5.54 Å². The Morgan fingerprint density at radius 2 is 1.68 bits per heavy atom. The molecular formula is C20H16F6N2. The number of alkyl halides is 3. The van der Waals surface area contributed by atoms with Crippen LogP contribution in [0, 0.1) is 23.4 Å². The minimum Gasteiger partial charge on any atom is -0.339 e. The van der Waals surface area contributed by atoms with Crippen molar-refractivity contribution in [2.24, 2.45) is 10.9 Å². The van der Waals surface area contributed by atoms with Crippen LogP contribution in [0.15, 0.2) is 41.4 Å². The Morgan fingerprint density at radius 1 is 1.00 bits per heavy atom. The third kappa shape index (κ3) is 3.25. The molecule has 2 aromatic rings. The van der Waals surface area contributed by atoms with Gasteiger partial charge in [-0.1, -0.05) is 25.0 Å². The third-order valence-electron chi connectivity index (χ3n) is 5.27. The summed E-state index contributed by atoms with van der Waals surface area (Å²) in [5.74, 6) is -2.91. The Labute approximate surface area is 157 Å². The highest BCUT2D eigenvalue weighted by molar-refractivity contribution is 5.72. The average Bonchev–Trinajstić information content (AvgIpc) is 3.43. The second kappa shape index (κ2) is 6.53. The van der Waals surface area contributed by atoms with Crippen LogP contribution in [0.3, 0.4) is 0 Å². The minimum absolute atomic E-state index is 0.0582. The van der Waals surface area contributed by atoms with Gasteiger partial charge in [-0.15, -0.1) is 0 Å². The molecule has 0 bridgehead atoms. The number of hydrogen-bond acceptors (Lipinski definition) is 2. The smallest absolute Gasteiger partial charge is 0.339 e. The molecular weight excluding hydrogens is 382 g/mol. The van der Waals surface area contributed by atoms with Crippen LogP contribution in [0.4, 0.5) is 32.0 Å². The van der Waals surface area contributed by atoms with Crippen molar-refractivity contribution < 1.29 is 26.3 Å². The van der Waals surface area contributed by atoms with Gasteiger partial charge in [-0.2, -0.15) is 13.2 Å². The summed E-state index contributed by atoms with van der Waals surface area (Å²) in [5.41, 5.74) is -1.53. The summed E-state index contributed by atoms with van der Waals surface area (Å²) in [4.78, 5) is 4.85. The Balaban J connectivity index is 2.00. The molecule has 28 heavy (non-hydrogen) atoms. The topological polar surface area (TPSA) is 15.6 Å². The Hall–Kier alpha value is -2.51. The number of benzene rings is 2. The minimum atomic E-state index is -4.60. The largest absolute Gasteiger partial charge is 0.405 e. The molecule has 4 rings (SSSR count). The van der Waals surface area contributed by atoms with E-state index in [0.29, 0.717) is 0 Å². The van der Waals surface area contributed by atoms with E-state index in [2.05, 4.69) is 4.99 Å². The summed E-state index contributed by atoms with van der Waals surface area (Å²) in [6.45, 7) is -1.39. The van der Waals surface area contributed by atoms with Crippen molar-refractivity contribution in [3.05, 3.63) is 65.0 Å². The lowest BCUT2D eigenvalue weighted by Gasteiger charge is -2.47. The molecule has 1 saturated carbocycles. The van der Waals surface area contributed by atoms with Crippen molar-refractivity contribution in [3.63, 3.8) is 0 Å². The van der Waals surface area contributed by atoms with Crippen LogP contribution in [0.25, 0.3) is 0 Å². The van der Waals surface area contributed by atoms with E-state index in [1.807, 2.05) is 0 Å². The average molecular weight is 398 g/mol. The molecule has 0 N–H and O–H groups in total. The summed E-state index contributed by atoms with van der Waals surface area (Å²) in [6.07, 6.45) is -1.85. The second-order valence-electron chi connectivity index (χ2n) is 7.26. The summed E-state index contributed by atoms with van der Waals surface area (Å²) in [6, 6.07) is 7.03. The Morgan fingerprint density at radius 3 is 2.29 bits per heavy atom. The second-order valence-corrected chi connectivity index (χ2v) is 7.26. The maximum Gasteiger partial charge on any atom is 0.405 e. The lowest BCUT2D eigenvalue weighted by molar-refractivity contribution is -0.146. The number of halogens is 6. The molecule has 2 nitrogen and oxygen atoms in total. The van der Waals surface area contributed by atoms with Crippen LogP contribution in [-0.4, -0.2) is 24.0 Å². The fraction of sp³-hybridized carbons (Fsp3) is 0.350. The first kappa shape index (κ1) is 18.8. The van der Waals surface area contributed by atoms with Crippen molar-refractivity contribution in [1.82, 2.24) is 4.90 Å². The molecule has 2 aliphatic rings. The van der Waals surface area contributed by atoms with Gasteiger partial charge >= 0.3 is 6.18 Å². The standard InChI is InChI=1S/C20H16F6N2/c21-14-5-3-13(4-6-14)19(9-12-1-2-12)17-16(8-7-15(22)18(17)23)27-11-28(19)10-20(24,25)26/h3-8,11-12H,1-2,9-10H2. The summed E-state index contributed by atoms with van der Waals surface area (Å²) < 4.78 is 82.6. The molecule has 1 aliphatic carbocycles. The van der Waals surface area contributed by atoms with Gasteiger partial charge in [0.05, 0.1) is 17.6 Å². The monoisotopic (exact) mass is 398 g/mol. The van der Waals surface area contributed by atoms with Crippen molar-refractivity contribution in [3.8, 4) is 0 Å². The molecule has 1 heterocycles. The number of aliphatic imine (C=N–C) groups is 1. The van der Waals surface area contributed by atoms with Crippen molar-refractivity contribution >= 4 is 12.0 Å². The van der Waals surface area contributed by atoms with Crippen LogP contribution in [0.2, 0.25) is 0 Å². The van der Waals surface area contributed by atoms with Gasteiger partial charge in [-0.3, -0.25) is 0 Å². The zero-order valence-electron chi connectivity index (χ0n) is 14.6. The molecule has 1 atom stereocenters. The summed E-state index contributed by atoms with van der Waals surface area (Å²) >= 11 is 0. The van der Waals surface area contributed by atoms with Gasteiger partial charge in [-0.25, -0.2) is 18.2 Å². The third-order valence-corrected chi connectivity index (χ3v) is 5.27. The molecule has 0 saturated heterocycles.